The molecule has 0 unspecified atom stereocenters. The van der Waals surface area contributed by atoms with Crippen molar-refractivity contribution in [3.05, 3.63) is 54.5 Å². The number of nitrogen functional groups attached to an aromatic ring is 1. The number of carbonyl (C=O) groups excluding carboxylic acids is 1. The summed E-state index contributed by atoms with van der Waals surface area (Å²) in [5.41, 5.74) is 8.15. The fraction of sp³-hybridized carbons (Fsp3) is 0.190. The summed E-state index contributed by atoms with van der Waals surface area (Å²) in [6.07, 6.45) is 3.31. The van der Waals surface area contributed by atoms with Crippen LogP contribution in [0.4, 0.5) is 16.8 Å². The number of aromatic nitrogens is 4. The molecule has 3 N–H and O–H groups in total. The summed E-state index contributed by atoms with van der Waals surface area (Å²) >= 11 is 1.58. The Labute approximate surface area is 181 Å². The quantitative estimate of drug-likeness (QED) is 0.504. The van der Waals surface area contributed by atoms with E-state index >= 15 is 0 Å². The Hall–Kier alpha value is -3.63. The van der Waals surface area contributed by atoms with Gasteiger partial charge in [0.15, 0.2) is 5.13 Å². The number of hydrogen-bond acceptors (Lipinski definition) is 9. The molecule has 5 heterocycles. The van der Waals surface area contributed by atoms with Crippen molar-refractivity contribution in [1.29, 1.82) is 0 Å². The number of rotatable bonds is 4. The molecule has 4 aromatic heterocycles. The van der Waals surface area contributed by atoms with Crippen LogP contribution >= 0.6 is 11.3 Å². The van der Waals surface area contributed by atoms with E-state index in [1.54, 1.807) is 41.9 Å². The standard InChI is InChI=1S/C21H19N7O2S/c22-18-5-4-13(11-23-18)14-2-1-3-15(25-14)20(29)27-19-10-17-16(12-24-19)26-21(31-17)28-6-8-30-9-7-28/h1-5,10-12H,6-9H2,(H2,22,23)(H,24,27,29). The van der Waals surface area contributed by atoms with E-state index in [-0.39, 0.29) is 11.6 Å². The molecule has 1 aliphatic rings. The number of amides is 1. The predicted molar refractivity (Wildman–Crippen MR) is 120 cm³/mol. The number of nitrogens with one attached hydrogen (secondary N) is 1. The summed E-state index contributed by atoms with van der Waals surface area (Å²) in [7, 11) is 0. The van der Waals surface area contributed by atoms with Crippen molar-refractivity contribution < 1.29 is 9.53 Å². The second kappa shape index (κ2) is 8.25. The van der Waals surface area contributed by atoms with E-state index < -0.39 is 0 Å². The van der Waals surface area contributed by atoms with Crippen LogP contribution in [-0.4, -0.2) is 52.1 Å². The number of nitrogens with two attached hydrogens (primary N) is 1. The molecule has 1 saturated heterocycles. The van der Waals surface area contributed by atoms with Crippen LogP contribution in [0.2, 0.25) is 0 Å². The number of thiazole rings is 1. The van der Waals surface area contributed by atoms with Crippen LogP contribution in [-0.2, 0) is 4.74 Å². The number of morpholine rings is 1. The molecule has 156 valence electrons. The Balaban J connectivity index is 1.35. The average Bonchev–Trinajstić information content (AvgIpc) is 3.24. The summed E-state index contributed by atoms with van der Waals surface area (Å²) in [4.78, 5) is 32.5. The number of hydrogen-bond donors (Lipinski definition) is 2. The third-order valence-corrected chi connectivity index (χ3v) is 5.93. The lowest BCUT2D eigenvalue weighted by molar-refractivity contribution is 0.102. The maximum atomic E-state index is 12.8. The number of ether oxygens (including phenoxy) is 1. The fourth-order valence-corrected chi connectivity index (χ4v) is 4.26. The van der Waals surface area contributed by atoms with Gasteiger partial charge in [-0.25, -0.2) is 19.9 Å². The van der Waals surface area contributed by atoms with E-state index in [1.165, 1.54) is 0 Å². The van der Waals surface area contributed by atoms with Crippen molar-refractivity contribution in [3.8, 4) is 11.3 Å². The first-order valence-electron chi connectivity index (χ1n) is 9.75. The molecule has 0 aromatic carbocycles. The van der Waals surface area contributed by atoms with Gasteiger partial charge in [-0.1, -0.05) is 17.4 Å². The van der Waals surface area contributed by atoms with E-state index in [0.717, 1.165) is 34.0 Å². The molecule has 1 amide bonds. The second-order valence-electron chi connectivity index (χ2n) is 6.97. The molecule has 1 aliphatic heterocycles. The predicted octanol–water partition coefficient (Wildman–Crippen LogP) is 2.82. The molecule has 0 aliphatic carbocycles. The van der Waals surface area contributed by atoms with Crippen molar-refractivity contribution in [1.82, 2.24) is 19.9 Å². The smallest absolute Gasteiger partial charge is 0.275 e. The van der Waals surface area contributed by atoms with E-state index in [4.69, 9.17) is 10.5 Å². The van der Waals surface area contributed by atoms with Gasteiger partial charge < -0.3 is 20.7 Å². The Morgan fingerprint density at radius 3 is 2.77 bits per heavy atom. The van der Waals surface area contributed by atoms with Gasteiger partial charge in [-0.05, 0) is 24.3 Å². The largest absolute Gasteiger partial charge is 0.384 e. The Morgan fingerprint density at radius 2 is 1.97 bits per heavy atom. The number of carbonyl (C=O) groups is 1. The summed E-state index contributed by atoms with van der Waals surface area (Å²) in [5.74, 6) is 0.546. The van der Waals surface area contributed by atoms with Crippen molar-refractivity contribution in [2.45, 2.75) is 0 Å². The van der Waals surface area contributed by atoms with Gasteiger partial charge in [-0.2, -0.15) is 0 Å². The number of anilines is 3. The van der Waals surface area contributed by atoms with Gasteiger partial charge in [0.1, 0.15) is 22.8 Å². The first kappa shape index (κ1) is 19.3. The zero-order valence-electron chi connectivity index (χ0n) is 16.5. The molecule has 5 rings (SSSR count). The van der Waals surface area contributed by atoms with Crippen LogP contribution in [0.5, 0.6) is 0 Å². The number of pyridine rings is 3. The third kappa shape index (κ3) is 4.16. The van der Waals surface area contributed by atoms with Gasteiger partial charge in [0.05, 0.1) is 29.8 Å². The molecular weight excluding hydrogens is 414 g/mol. The van der Waals surface area contributed by atoms with Crippen LogP contribution in [0.3, 0.4) is 0 Å². The minimum absolute atomic E-state index is 0.287. The Kier molecular flexibility index (Phi) is 5.14. The highest BCUT2D eigenvalue weighted by atomic mass is 32.1. The van der Waals surface area contributed by atoms with E-state index in [9.17, 15) is 4.79 Å². The third-order valence-electron chi connectivity index (χ3n) is 4.85. The molecule has 0 saturated carbocycles. The highest BCUT2D eigenvalue weighted by Crippen LogP contribution is 2.30. The maximum Gasteiger partial charge on any atom is 0.275 e. The summed E-state index contributed by atoms with van der Waals surface area (Å²) in [6.45, 7) is 3.05. The first-order chi connectivity index (χ1) is 15.2. The van der Waals surface area contributed by atoms with E-state index in [0.29, 0.717) is 30.5 Å². The Bertz CT molecular complexity index is 1240. The summed E-state index contributed by atoms with van der Waals surface area (Å²) in [5, 5.41) is 3.76. The maximum absolute atomic E-state index is 12.8. The van der Waals surface area contributed by atoms with Gasteiger partial charge in [-0.3, -0.25) is 4.79 Å². The van der Waals surface area contributed by atoms with Crippen LogP contribution in [0.25, 0.3) is 21.5 Å². The molecule has 4 aromatic rings. The molecule has 9 nitrogen and oxygen atoms in total. The minimum Gasteiger partial charge on any atom is -0.384 e. The van der Waals surface area contributed by atoms with Gasteiger partial charge in [-0.15, -0.1) is 0 Å². The lowest BCUT2D eigenvalue weighted by Crippen LogP contribution is -2.36. The molecule has 0 bridgehead atoms. The van der Waals surface area contributed by atoms with E-state index in [2.05, 4.69) is 30.2 Å². The highest BCUT2D eigenvalue weighted by Gasteiger charge is 2.17. The van der Waals surface area contributed by atoms with Crippen molar-refractivity contribution in [2.24, 2.45) is 0 Å². The number of nitrogens with zero attached hydrogens (tertiary/aromatic N) is 5. The van der Waals surface area contributed by atoms with Crippen molar-refractivity contribution >= 4 is 44.2 Å². The average molecular weight is 433 g/mol. The number of fused-ring (bicyclic) bond motifs is 1. The molecule has 0 radical (unpaired) electrons. The minimum atomic E-state index is -0.338. The highest BCUT2D eigenvalue weighted by molar-refractivity contribution is 7.22. The molecule has 10 heteroatoms. The zero-order chi connectivity index (χ0) is 21.2. The fourth-order valence-electron chi connectivity index (χ4n) is 3.24. The van der Waals surface area contributed by atoms with Crippen LogP contribution in [0.15, 0.2) is 48.8 Å². The van der Waals surface area contributed by atoms with Crippen LogP contribution in [0.1, 0.15) is 10.5 Å². The molecule has 31 heavy (non-hydrogen) atoms. The van der Waals surface area contributed by atoms with Gasteiger partial charge in [0.2, 0.25) is 0 Å². The molecule has 0 atom stereocenters. The van der Waals surface area contributed by atoms with Gasteiger partial charge in [0, 0.05) is 30.9 Å². The first-order valence-corrected chi connectivity index (χ1v) is 10.6. The molecule has 0 spiro atoms. The summed E-state index contributed by atoms with van der Waals surface area (Å²) < 4.78 is 6.36. The van der Waals surface area contributed by atoms with Gasteiger partial charge >= 0.3 is 0 Å². The second-order valence-corrected chi connectivity index (χ2v) is 7.98. The normalized spacial score (nSPS) is 14.0. The Morgan fingerprint density at radius 1 is 1.10 bits per heavy atom. The topological polar surface area (TPSA) is 119 Å². The SMILES string of the molecule is Nc1ccc(-c2cccc(C(=O)Nc3cc4sc(N5CCOCC5)nc4cn3)n2)cn1. The van der Waals surface area contributed by atoms with Crippen molar-refractivity contribution in [3.63, 3.8) is 0 Å². The van der Waals surface area contributed by atoms with Crippen molar-refractivity contribution in [2.75, 3.05) is 42.3 Å². The van der Waals surface area contributed by atoms with Crippen LogP contribution in [0, 0.1) is 0 Å². The summed E-state index contributed by atoms with van der Waals surface area (Å²) in [6, 6.07) is 10.6. The van der Waals surface area contributed by atoms with E-state index in [1.807, 2.05) is 18.2 Å². The molecule has 1 fully saturated rings. The zero-order valence-corrected chi connectivity index (χ0v) is 17.3. The molecular formula is C21H19N7O2S. The lowest BCUT2D eigenvalue weighted by Gasteiger charge is -2.25. The van der Waals surface area contributed by atoms with Crippen LogP contribution < -0.4 is 16.0 Å². The monoisotopic (exact) mass is 433 g/mol. The lowest BCUT2D eigenvalue weighted by atomic mass is 10.2. The van der Waals surface area contributed by atoms with Gasteiger partial charge in [0.25, 0.3) is 5.91 Å².